The zero-order valence-electron chi connectivity index (χ0n) is 14.0. The van der Waals surface area contributed by atoms with Crippen LogP contribution in [0.5, 0.6) is 0 Å². The molecule has 134 valence electrons. The van der Waals surface area contributed by atoms with Crippen LogP contribution in [-0.2, 0) is 16.4 Å². The van der Waals surface area contributed by atoms with Crippen LogP contribution in [0.1, 0.15) is 12.5 Å². The van der Waals surface area contributed by atoms with E-state index in [1.165, 1.54) is 28.1 Å². The van der Waals surface area contributed by atoms with Crippen molar-refractivity contribution in [3.63, 3.8) is 0 Å². The van der Waals surface area contributed by atoms with Gasteiger partial charge in [-0.05, 0) is 42.3 Å². The van der Waals surface area contributed by atoms with Crippen LogP contribution in [0.25, 0.3) is 0 Å². The van der Waals surface area contributed by atoms with E-state index in [1.54, 1.807) is 0 Å². The van der Waals surface area contributed by atoms with Crippen molar-refractivity contribution in [1.29, 1.82) is 0 Å². The molecule has 25 heavy (non-hydrogen) atoms. The zero-order chi connectivity index (χ0) is 18.0. The lowest BCUT2D eigenvalue weighted by molar-refractivity contribution is 0.385. The number of nitrogens with zero attached hydrogens (tertiary/aromatic N) is 2. The maximum absolute atomic E-state index is 12.8. The third-order valence-electron chi connectivity index (χ3n) is 4.48. The second-order valence-electron chi connectivity index (χ2n) is 5.99. The second-order valence-corrected chi connectivity index (χ2v) is 8.74. The highest BCUT2D eigenvalue weighted by Crippen LogP contribution is 2.27. The van der Waals surface area contributed by atoms with Gasteiger partial charge in [0.2, 0.25) is 10.0 Å². The molecule has 1 saturated heterocycles. The standard InChI is InChI=1S/C18H20Cl2N2O2S/c1-2-14-3-5-15(6-4-14)21-9-11-22(12-10-21)25(23,24)16-7-8-17(19)18(20)13-16/h3-8,13H,2,9-12H2,1H3. The molecule has 0 spiro atoms. The summed E-state index contributed by atoms with van der Waals surface area (Å²) < 4.78 is 27.1. The van der Waals surface area contributed by atoms with Gasteiger partial charge in [-0.25, -0.2) is 8.42 Å². The van der Waals surface area contributed by atoms with Gasteiger partial charge in [0.1, 0.15) is 0 Å². The molecule has 1 heterocycles. The number of hydrogen-bond acceptors (Lipinski definition) is 3. The molecule has 7 heteroatoms. The van der Waals surface area contributed by atoms with E-state index in [0.29, 0.717) is 31.2 Å². The summed E-state index contributed by atoms with van der Waals surface area (Å²) in [6.07, 6.45) is 1.01. The van der Waals surface area contributed by atoms with Crippen molar-refractivity contribution in [1.82, 2.24) is 4.31 Å². The number of rotatable bonds is 4. The predicted molar refractivity (Wildman–Crippen MR) is 103 cm³/mol. The molecule has 0 unspecified atom stereocenters. The van der Waals surface area contributed by atoms with Crippen molar-refractivity contribution in [2.24, 2.45) is 0 Å². The molecule has 0 aliphatic carbocycles. The summed E-state index contributed by atoms with van der Waals surface area (Å²) in [4.78, 5) is 2.39. The second kappa shape index (κ2) is 7.54. The van der Waals surface area contributed by atoms with Crippen LogP contribution in [0.15, 0.2) is 47.4 Å². The number of hydrogen-bond donors (Lipinski definition) is 0. The van der Waals surface area contributed by atoms with Gasteiger partial charge in [-0.2, -0.15) is 4.31 Å². The van der Waals surface area contributed by atoms with Gasteiger partial charge in [0.25, 0.3) is 0 Å². The number of halogens is 2. The molecular weight excluding hydrogens is 379 g/mol. The molecule has 0 atom stereocenters. The van der Waals surface area contributed by atoms with Crippen molar-refractivity contribution in [2.75, 3.05) is 31.1 Å². The first-order chi connectivity index (χ1) is 11.9. The largest absolute Gasteiger partial charge is 0.369 e. The summed E-state index contributed by atoms with van der Waals surface area (Å²) in [7, 11) is -3.55. The fourth-order valence-corrected chi connectivity index (χ4v) is 4.73. The topological polar surface area (TPSA) is 40.6 Å². The molecule has 2 aromatic rings. The average molecular weight is 399 g/mol. The van der Waals surface area contributed by atoms with Gasteiger partial charge in [-0.15, -0.1) is 0 Å². The van der Waals surface area contributed by atoms with E-state index in [1.807, 2.05) is 0 Å². The van der Waals surface area contributed by atoms with E-state index in [0.717, 1.165) is 12.1 Å². The van der Waals surface area contributed by atoms with Crippen LogP contribution in [0.3, 0.4) is 0 Å². The summed E-state index contributed by atoms with van der Waals surface area (Å²) in [6.45, 7) is 4.33. The molecule has 1 fully saturated rings. The number of sulfonamides is 1. The maximum atomic E-state index is 12.8. The Morgan fingerprint density at radius 2 is 1.56 bits per heavy atom. The van der Waals surface area contributed by atoms with Gasteiger partial charge < -0.3 is 4.90 Å². The molecule has 0 bridgehead atoms. The van der Waals surface area contributed by atoms with E-state index < -0.39 is 10.0 Å². The molecule has 1 aliphatic heterocycles. The highest BCUT2D eigenvalue weighted by molar-refractivity contribution is 7.89. The lowest BCUT2D eigenvalue weighted by atomic mass is 10.1. The molecular formula is C18H20Cl2N2O2S. The normalized spacial score (nSPS) is 16.2. The molecule has 0 radical (unpaired) electrons. The third-order valence-corrected chi connectivity index (χ3v) is 7.11. The Balaban J connectivity index is 1.71. The summed E-state index contributed by atoms with van der Waals surface area (Å²) in [5, 5.41) is 0.596. The van der Waals surface area contributed by atoms with Gasteiger partial charge >= 0.3 is 0 Å². The average Bonchev–Trinajstić information content (AvgIpc) is 2.64. The number of aryl methyl sites for hydroxylation is 1. The zero-order valence-corrected chi connectivity index (χ0v) is 16.3. The molecule has 0 N–H and O–H groups in total. The summed E-state index contributed by atoms with van der Waals surface area (Å²) in [5.74, 6) is 0. The molecule has 0 saturated carbocycles. The Morgan fingerprint density at radius 3 is 2.12 bits per heavy atom. The van der Waals surface area contributed by atoms with Crippen molar-refractivity contribution in [3.05, 3.63) is 58.1 Å². The quantitative estimate of drug-likeness (QED) is 0.779. The van der Waals surface area contributed by atoms with E-state index in [-0.39, 0.29) is 9.92 Å². The van der Waals surface area contributed by atoms with Gasteiger partial charge in [0.05, 0.1) is 14.9 Å². The monoisotopic (exact) mass is 398 g/mol. The van der Waals surface area contributed by atoms with Gasteiger partial charge in [-0.3, -0.25) is 0 Å². The Labute approximate surface area is 159 Å². The lowest BCUT2D eigenvalue weighted by Crippen LogP contribution is -2.48. The smallest absolute Gasteiger partial charge is 0.243 e. The SMILES string of the molecule is CCc1ccc(N2CCN(S(=O)(=O)c3ccc(Cl)c(Cl)c3)CC2)cc1. The summed E-state index contributed by atoms with van der Waals surface area (Å²) in [6, 6.07) is 12.9. The number of anilines is 1. The Bertz CT molecular complexity index is 846. The minimum Gasteiger partial charge on any atom is -0.369 e. The minimum absolute atomic E-state index is 0.183. The lowest BCUT2D eigenvalue weighted by Gasteiger charge is -2.35. The highest BCUT2D eigenvalue weighted by atomic mass is 35.5. The number of piperazine rings is 1. The molecule has 1 aliphatic rings. The highest BCUT2D eigenvalue weighted by Gasteiger charge is 2.29. The Kier molecular flexibility index (Phi) is 5.58. The fourth-order valence-electron chi connectivity index (χ4n) is 2.92. The fraction of sp³-hybridized carbons (Fsp3) is 0.333. The summed E-state index contributed by atoms with van der Waals surface area (Å²) in [5.41, 5.74) is 2.42. The minimum atomic E-state index is -3.55. The molecule has 3 rings (SSSR count). The molecule has 0 amide bonds. The predicted octanol–water partition coefficient (Wildman–Crippen LogP) is 4.07. The Morgan fingerprint density at radius 1 is 0.920 bits per heavy atom. The van der Waals surface area contributed by atoms with Crippen LogP contribution < -0.4 is 4.90 Å². The third kappa shape index (κ3) is 3.95. The van der Waals surface area contributed by atoms with Gasteiger partial charge in [-0.1, -0.05) is 42.3 Å². The van der Waals surface area contributed by atoms with Gasteiger partial charge in [0, 0.05) is 31.9 Å². The van der Waals surface area contributed by atoms with Crippen LogP contribution in [0, 0.1) is 0 Å². The van der Waals surface area contributed by atoms with Crippen molar-refractivity contribution >= 4 is 38.9 Å². The first kappa shape index (κ1) is 18.5. The van der Waals surface area contributed by atoms with Crippen LogP contribution in [-0.4, -0.2) is 38.9 Å². The van der Waals surface area contributed by atoms with Crippen molar-refractivity contribution in [2.45, 2.75) is 18.2 Å². The van der Waals surface area contributed by atoms with E-state index in [2.05, 4.69) is 36.1 Å². The Hall–Kier alpha value is -1.27. The van der Waals surface area contributed by atoms with E-state index in [9.17, 15) is 8.42 Å². The van der Waals surface area contributed by atoms with Crippen LogP contribution in [0.2, 0.25) is 10.0 Å². The van der Waals surface area contributed by atoms with Gasteiger partial charge in [0.15, 0.2) is 0 Å². The number of benzene rings is 2. The van der Waals surface area contributed by atoms with Crippen molar-refractivity contribution in [3.8, 4) is 0 Å². The summed E-state index contributed by atoms with van der Waals surface area (Å²) >= 11 is 11.8. The first-order valence-corrected chi connectivity index (χ1v) is 10.4. The van der Waals surface area contributed by atoms with Crippen LogP contribution >= 0.6 is 23.2 Å². The maximum Gasteiger partial charge on any atom is 0.243 e. The molecule has 0 aromatic heterocycles. The molecule has 2 aromatic carbocycles. The molecule has 4 nitrogen and oxygen atoms in total. The van der Waals surface area contributed by atoms with Crippen molar-refractivity contribution < 1.29 is 8.42 Å². The van der Waals surface area contributed by atoms with E-state index >= 15 is 0 Å². The van der Waals surface area contributed by atoms with Crippen LogP contribution in [0.4, 0.5) is 5.69 Å². The van der Waals surface area contributed by atoms with E-state index in [4.69, 9.17) is 23.2 Å². The first-order valence-electron chi connectivity index (χ1n) is 8.21.